The molecular weight excluding hydrogens is 286 g/mol. The smallest absolute Gasteiger partial charge is 0.283 e. The maximum atomic E-state index is 10.7. The van der Waals surface area contributed by atoms with Crippen LogP contribution in [0.25, 0.3) is 0 Å². The van der Waals surface area contributed by atoms with Crippen molar-refractivity contribution in [1.29, 1.82) is 0 Å². The zero-order chi connectivity index (χ0) is 12.7. The molecule has 94 valence electrons. The number of halogens is 1. The minimum atomic E-state index is -0.387. The van der Waals surface area contributed by atoms with Gasteiger partial charge in [-0.3, -0.25) is 10.1 Å². The second kappa shape index (κ2) is 7.37. The van der Waals surface area contributed by atoms with E-state index in [1.165, 1.54) is 0 Å². The molecule has 0 spiro atoms. The molecule has 0 aromatic heterocycles. The van der Waals surface area contributed by atoms with Crippen LogP contribution in [-0.2, 0) is 6.54 Å². The van der Waals surface area contributed by atoms with Crippen LogP contribution in [0.15, 0.2) is 22.7 Å². The molecule has 0 unspecified atom stereocenters. The second-order valence-electron chi connectivity index (χ2n) is 3.72. The molecule has 0 saturated carbocycles. The molecule has 0 fully saturated rings. The third-order valence-electron chi connectivity index (χ3n) is 2.34. The van der Waals surface area contributed by atoms with Gasteiger partial charge in [0, 0.05) is 12.6 Å². The molecule has 0 amide bonds. The molecule has 0 radical (unpaired) electrons. The Kier molecular flexibility index (Phi) is 6.10. The Hall–Kier alpha value is -0.980. The number of nitro benzene ring substituents is 1. The highest BCUT2D eigenvalue weighted by molar-refractivity contribution is 9.10. The molecule has 0 heterocycles. The normalized spacial score (nSPS) is 10.5. The summed E-state index contributed by atoms with van der Waals surface area (Å²) < 4.78 is 0.509. The van der Waals surface area contributed by atoms with E-state index in [0.717, 1.165) is 24.9 Å². The zero-order valence-electron chi connectivity index (χ0n) is 9.49. The molecule has 6 heteroatoms. The average Bonchev–Trinajstić information content (AvgIpc) is 2.30. The topological polar surface area (TPSA) is 81.2 Å². The van der Waals surface area contributed by atoms with Crippen molar-refractivity contribution >= 4 is 21.6 Å². The minimum Gasteiger partial charge on any atom is -0.330 e. The zero-order valence-corrected chi connectivity index (χ0v) is 11.1. The number of hydrogen-bond acceptors (Lipinski definition) is 4. The Balaban J connectivity index is 2.49. The molecule has 17 heavy (non-hydrogen) atoms. The first-order valence-electron chi connectivity index (χ1n) is 5.48. The summed E-state index contributed by atoms with van der Waals surface area (Å²) >= 11 is 3.16. The molecule has 0 aliphatic rings. The van der Waals surface area contributed by atoms with Gasteiger partial charge in [-0.1, -0.05) is 6.07 Å². The van der Waals surface area contributed by atoms with Crippen LogP contribution in [0.2, 0.25) is 0 Å². The summed E-state index contributed by atoms with van der Waals surface area (Å²) in [6.07, 6.45) is 2.02. The first kappa shape index (κ1) is 14.1. The SMILES string of the molecule is NCCCCNCc1ccc(Br)c([N+](=O)[O-])c1. The highest BCUT2D eigenvalue weighted by Gasteiger charge is 2.11. The van der Waals surface area contributed by atoms with Crippen LogP contribution in [0.5, 0.6) is 0 Å². The highest BCUT2D eigenvalue weighted by atomic mass is 79.9. The summed E-state index contributed by atoms with van der Waals surface area (Å²) in [5.74, 6) is 0. The Morgan fingerprint density at radius 2 is 2.18 bits per heavy atom. The van der Waals surface area contributed by atoms with Crippen molar-refractivity contribution in [1.82, 2.24) is 5.32 Å². The van der Waals surface area contributed by atoms with E-state index >= 15 is 0 Å². The van der Waals surface area contributed by atoms with Crippen molar-refractivity contribution in [2.45, 2.75) is 19.4 Å². The summed E-state index contributed by atoms with van der Waals surface area (Å²) in [7, 11) is 0. The van der Waals surface area contributed by atoms with Gasteiger partial charge >= 0.3 is 0 Å². The monoisotopic (exact) mass is 301 g/mol. The largest absolute Gasteiger partial charge is 0.330 e. The van der Waals surface area contributed by atoms with Gasteiger partial charge in [0.2, 0.25) is 0 Å². The average molecular weight is 302 g/mol. The molecule has 1 aromatic carbocycles. The van der Waals surface area contributed by atoms with Crippen molar-refractivity contribution < 1.29 is 4.92 Å². The fraction of sp³-hybridized carbons (Fsp3) is 0.455. The van der Waals surface area contributed by atoms with Crippen molar-refractivity contribution in [2.24, 2.45) is 5.73 Å². The van der Waals surface area contributed by atoms with Crippen LogP contribution in [0.3, 0.4) is 0 Å². The second-order valence-corrected chi connectivity index (χ2v) is 4.57. The molecule has 0 aliphatic carbocycles. The maximum absolute atomic E-state index is 10.7. The van der Waals surface area contributed by atoms with Gasteiger partial charge in [-0.2, -0.15) is 0 Å². The number of benzene rings is 1. The lowest BCUT2D eigenvalue weighted by molar-refractivity contribution is -0.385. The highest BCUT2D eigenvalue weighted by Crippen LogP contribution is 2.25. The lowest BCUT2D eigenvalue weighted by Crippen LogP contribution is -2.15. The fourth-order valence-electron chi connectivity index (χ4n) is 1.44. The van der Waals surface area contributed by atoms with Crippen LogP contribution >= 0.6 is 15.9 Å². The van der Waals surface area contributed by atoms with Gasteiger partial charge in [-0.05, 0) is 53.5 Å². The summed E-state index contributed by atoms with van der Waals surface area (Å²) in [5, 5.41) is 14.0. The standard InChI is InChI=1S/C11H16BrN3O2/c12-10-4-3-9(7-11(10)15(16)17)8-14-6-2-1-5-13/h3-4,7,14H,1-2,5-6,8,13H2. The minimum absolute atomic E-state index is 0.103. The van der Waals surface area contributed by atoms with Gasteiger partial charge in [0.05, 0.1) is 9.40 Å². The van der Waals surface area contributed by atoms with Crippen molar-refractivity contribution in [3.05, 3.63) is 38.3 Å². The molecule has 1 rings (SSSR count). The quantitative estimate of drug-likeness (QED) is 0.459. The van der Waals surface area contributed by atoms with E-state index in [2.05, 4.69) is 21.2 Å². The maximum Gasteiger partial charge on any atom is 0.283 e. The predicted molar refractivity (Wildman–Crippen MR) is 70.8 cm³/mol. The summed E-state index contributed by atoms with van der Waals surface area (Å²) in [5.41, 5.74) is 6.40. The molecular formula is C11H16BrN3O2. The number of rotatable bonds is 7. The fourth-order valence-corrected chi connectivity index (χ4v) is 1.83. The number of nitrogens with two attached hydrogens (primary N) is 1. The van der Waals surface area contributed by atoms with Crippen LogP contribution in [0, 0.1) is 10.1 Å². The summed E-state index contributed by atoms with van der Waals surface area (Å²) in [6, 6.07) is 5.15. The van der Waals surface area contributed by atoms with Gasteiger partial charge < -0.3 is 11.1 Å². The van der Waals surface area contributed by atoms with Gasteiger partial charge in [-0.15, -0.1) is 0 Å². The van der Waals surface area contributed by atoms with Gasteiger partial charge in [0.25, 0.3) is 5.69 Å². The predicted octanol–water partition coefficient (Wildman–Crippen LogP) is 2.19. The number of nitrogens with one attached hydrogen (secondary N) is 1. The molecule has 3 N–H and O–H groups in total. The molecule has 1 aromatic rings. The van der Waals surface area contributed by atoms with E-state index in [0.29, 0.717) is 17.6 Å². The van der Waals surface area contributed by atoms with Crippen LogP contribution in [0.1, 0.15) is 18.4 Å². The number of nitrogens with zero attached hydrogens (tertiary/aromatic N) is 1. The molecule has 5 nitrogen and oxygen atoms in total. The van der Waals surface area contributed by atoms with Crippen LogP contribution in [-0.4, -0.2) is 18.0 Å². The van der Waals surface area contributed by atoms with Crippen molar-refractivity contribution in [3.8, 4) is 0 Å². The van der Waals surface area contributed by atoms with Crippen molar-refractivity contribution in [3.63, 3.8) is 0 Å². The molecule has 0 atom stereocenters. The summed E-state index contributed by atoms with van der Waals surface area (Å²) in [4.78, 5) is 10.3. The number of unbranched alkanes of at least 4 members (excludes halogenated alkanes) is 1. The van der Waals surface area contributed by atoms with E-state index in [9.17, 15) is 10.1 Å². The van der Waals surface area contributed by atoms with Gasteiger partial charge in [0.15, 0.2) is 0 Å². The first-order chi connectivity index (χ1) is 8.15. The first-order valence-corrected chi connectivity index (χ1v) is 6.28. The lowest BCUT2D eigenvalue weighted by Gasteiger charge is -2.05. The molecule has 0 bridgehead atoms. The number of hydrogen-bond donors (Lipinski definition) is 2. The lowest BCUT2D eigenvalue weighted by atomic mass is 10.2. The third-order valence-corrected chi connectivity index (χ3v) is 3.01. The van der Waals surface area contributed by atoms with Gasteiger partial charge in [-0.25, -0.2) is 0 Å². The number of nitro groups is 1. The van der Waals surface area contributed by atoms with Crippen LogP contribution < -0.4 is 11.1 Å². The Labute approximate surface area is 109 Å². The van der Waals surface area contributed by atoms with E-state index in [-0.39, 0.29) is 10.6 Å². The summed E-state index contributed by atoms with van der Waals surface area (Å²) in [6.45, 7) is 2.21. The molecule has 0 aliphatic heterocycles. The van der Waals surface area contributed by atoms with E-state index in [4.69, 9.17) is 5.73 Å². The Morgan fingerprint density at radius 3 is 2.82 bits per heavy atom. The van der Waals surface area contributed by atoms with E-state index < -0.39 is 0 Å². The van der Waals surface area contributed by atoms with Gasteiger partial charge in [0.1, 0.15) is 0 Å². The Bertz CT molecular complexity index is 385. The van der Waals surface area contributed by atoms with Crippen LogP contribution in [0.4, 0.5) is 5.69 Å². The van der Waals surface area contributed by atoms with E-state index in [1.54, 1.807) is 12.1 Å². The molecule has 0 saturated heterocycles. The third kappa shape index (κ3) is 4.80. The van der Waals surface area contributed by atoms with Crippen molar-refractivity contribution in [2.75, 3.05) is 13.1 Å². The Morgan fingerprint density at radius 1 is 1.41 bits per heavy atom. The van der Waals surface area contributed by atoms with E-state index in [1.807, 2.05) is 6.07 Å².